The van der Waals surface area contributed by atoms with Crippen LogP contribution >= 0.6 is 0 Å². The number of nitrogens with one attached hydrogen (secondary N) is 2. The number of para-hydroxylation sites is 2. The van der Waals surface area contributed by atoms with Gasteiger partial charge in [0, 0.05) is 13.6 Å². The van der Waals surface area contributed by atoms with Crippen molar-refractivity contribution in [2.75, 3.05) is 5.43 Å². The van der Waals surface area contributed by atoms with E-state index >= 15 is 0 Å². The summed E-state index contributed by atoms with van der Waals surface area (Å²) in [4.78, 5) is 17.0. The molecule has 0 aliphatic rings. The van der Waals surface area contributed by atoms with E-state index in [0.717, 1.165) is 17.0 Å². The highest BCUT2D eigenvalue weighted by atomic mass is 16.5. The summed E-state index contributed by atoms with van der Waals surface area (Å²) < 4.78 is 7.40. The number of benzene rings is 3. The van der Waals surface area contributed by atoms with Crippen molar-refractivity contribution in [2.45, 2.75) is 20.1 Å². The molecule has 152 valence electrons. The molecule has 0 atom stereocenters. The highest BCUT2D eigenvalue weighted by molar-refractivity contribution is 5.77. The van der Waals surface area contributed by atoms with E-state index in [4.69, 9.17) is 4.74 Å². The monoisotopic (exact) mass is 400 g/mol. The third kappa shape index (κ3) is 4.34. The van der Waals surface area contributed by atoms with Gasteiger partial charge in [-0.05, 0) is 48.4 Å². The fourth-order valence-electron chi connectivity index (χ4n) is 3.20. The summed E-state index contributed by atoms with van der Waals surface area (Å²) >= 11 is 0. The molecule has 4 rings (SSSR count). The minimum Gasteiger partial charge on any atom is -0.486 e. The number of anilines is 1. The molecule has 0 bridgehead atoms. The second-order valence-electron chi connectivity index (χ2n) is 7.14. The van der Waals surface area contributed by atoms with Gasteiger partial charge in [0.25, 0.3) is 5.56 Å². The predicted octanol–water partition coefficient (Wildman–Crippen LogP) is 3.94. The molecule has 30 heavy (non-hydrogen) atoms. The fourth-order valence-corrected chi connectivity index (χ4v) is 3.20. The first-order valence-corrected chi connectivity index (χ1v) is 9.83. The third-order valence-electron chi connectivity index (χ3n) is 5.03. The summed E-state index contributed by atoms with van der Waals surface area (Å²) in [7, 11) is 1.72. The number of hydrogen-bond donors (Lipinski definition) is 2. The van der Waals surface area contributed by atoms with Gasteiger partial charge in [-0.3, -0.25) is 9.36 Å². The Morgan fingerprint density at radius 2 is 1.70 bits per heavy atom. The Labute approximate surface area is 175 Å². The molecule has 0 unspecified atom stereocenters. The van der Waals surface area contributed by atoms with E-state index in [-0.39, 0.29) is 12.2 Å². The average molecular weight is 400 g/mol. The Balaban J connectivity index is 1.36. The molecule has 6 heteroatoms. The lowest BCUT2D eigenvalue weighted by Gasteiger charge is -2.12. The van der Waals surface area contributed by atoms with E-state index in [1.807, 2.05) is 60.7 Å². The summed E-state index contributed by atoms with van der Waals surface area (Å²) in [5.74, 6) is 1.32. The Kier molecular flexibility index (Phi) is 5.77. The first-order valence-electron chi connectivity index (χ1n) is 9.83. The second kappa shape index (κ2) is 8.80. The van der Waals surface area contributed by atoms with Crippen LogP contribution in [0.5, 0.6) is 5.75 Å². The number of hydrogen-bond acceptors (Lipinski definition) is 5. The molecule has 4 aromatic rings. The first kappa shape index (κ1) is 19.7. The van der Waals surface area contributed by atoms with Crippen LogP contribution in [0.3, 0.4) is 0 Å². The molecule has 0 saturated heterocycles. The number of aromatic nitrogens is 2. The zero-order valence-corrected chi connectivity index (χ0v) is 17.1. The van der Waals surface area contributed by atoms with Crippen LogP contribution in [0.4, 0.5) is 5.69 Å². The first-order chi connectivity index (χ1) is 14.6. The van der Waals surface area contributed by atoms with Crippen LogP contribution < -0.4 is 21.1 Å². The van der Waals surface area contributed by atoms with Gasteiger partial charge in [-0.2, -0.15) is 0 Å². The average Bonchev–Trinajstić information content (AvgIpc) is 2.77. The SMILES string of the molecule is Cc1ccccc1NNCc1ccc(OCc2nc3ccccc3c(=O)n2C)cc1. The van der Waals surface area contributed by atoms with Gasteiger partial charge >= 0.3 is 0 Å². The van der Waals surface area contributed by atoms with Crippen LogP contribution in [-0.2, 0) is 20.2 Å². The molecular weight excluding hydrogens is 376 g/mol. The van der Waals surface area contributed by atoms with Crippen LogP contribution in [0.2, 0.25) is 0 Å². The molecule has 3 aromatic carbocycles. The molecule has 1 aromatic heterocycles. The lowest BCUT2D eigenvalue weighted by molar-refractivity contribution is 0.289. The maximum Gasteiger partial charge on any atom is 0.261 e. The smallest absolute Gasteiger partial charge is 0.261 e. The molecule has 1 heterocycles. The largest absolute Gasteiger partial charge is 0.486 e. The van der Waals surface area contributed by atoms with Gasteiger partial charge in [0.15, 0.2) is 0 Å². The standard InChI is InChI=1S/C24H24N4O2/c1-17-7-3-5-9-21(17)27-25-15-18-11-13-19(14-12-18)30-16-23-26-22-10-6-4-8-20(22)24(29)28(23)2/h3-14,25,27H,15-16H2,1-2H3. The Morgan fingerprint density at radius 3 is 2.50 bits per heavy atom. The van der Waals surface area contributed by atoms with Gasteiger partial charge < -0.3 is 10.2 Å². The molecular formula is C24H24N4O2. The van der Waals surface area contributed by atoms with Crippen molar-refractivity contribution in [3.8, 4) is 5.75 Å². The van der Waals surface area contributed by atoms with E-state index in [1.165, 1.54) is 10.1 Å². The number of rotatable bonds is 7. The zero-order chi connectivity index (χ0) is 20.9. The molecule has 0 fully saturated rings. The van der Waals surface area contributed by atoms with Gasteiger partial charge in [0.1, 0.15) is 18.2 Å². The Morgan fingerprint density at radius 1 is 0.967 bits per heavy atom. The molecule has 0 saturated carbocycles. The number of nitrogens with zero attached hydrogens (tertiary/aromatic N) is 2. The molecule has 2 N–H and O–H groups in total. The van der Waals surface area contributed by atoms with Crippen molar-refractivity contribution in [2.24, 2.45) is 7.05 Å². The van der Waals surface area contributed by atoms with E-state index in [1.54, 1.807) is 13.1 Å². The molecule has 0 amide bonds. The number of aryl methyl sites for hydroxylation is 1. The van der Waals surface area contributed by atoms with Crippen molar-refractivity contribution < 1.29 is 4.74 Å². The maximum atomic E-state index is 12.5. The van der Waals surface area contributed by atoms with E-state index in [0.29, 0.717) is 23.3 Å². The second-order valence-corrected chi connectivity index (χ2v) is 7.14. The van der Waals surface area contributed by atoms with Crippen molar-refractivity contribution in [3.05, 3.63) is 100 Å². The van der Waals surface area contributed by atoms with E-state index in [9.17, 15) is 4.79 Å². The van der Waals surface area contributed by atoms with Crippen LogP contribution in [0, 0.1) is 6.92 Å². The molecule has 0 aliphatic carbocycles. The van der Waals surface area contributed by atoms with Crippen molar-refractivity contribution in [3.63, 3.8) is 0 Å². The lowest BCUT2D eigenvalue weighted by atomic mass is 10.2. The minimum atomic E-state index is -0.0678. The van der Waals surface area contributed by atoms with Gasteiger partial charge in [-0.15, -0.1) is 0 Å². The summed E-state index contributed by atoms with van der Waals surface area (Å²) in [6, 6.07) is 23.3. The Bertz CT molecular complexity index is 1220. The van der Waals surface area contributed by atoms with Crippen molar-refractivity contribution in [1.82, 2.24) is 15.0 Å². The molecule has 0 aliphatic heterocycles. The summed E-state index contributed by atoms with van der Waals surface area (Å²) in [6.45, 7) is 2.97. The van der Waals surface area contributed by atoms with Gasteiger partial charge in [-0.25, -0.2) is 10.4 Å². The van der Waals surface area contributed by atoms with Crippen LogP contribution in [-0.4, -0.2) is 9.55 Å². The molecule has 6 nitrogen and oxygen atoms in total. The lowest BCUT2D eigenvalue weighted by Crippen LogP contribution is -2.23. The Hall–Kier alpha value is -3.64. The zero-order valence-electron chi connectivity index (χ0n) is 17.1. The normalized spacial score (nSPS) is 10.9. The summed E-state index contributed by atoms with van der Waals surface area (Å²) in [5, 5.41) is 0.611. The molecule has 0 radical (unpaired) electrons. The van der Waals surface area contributed by atoms with Crippen molar-refractivity contribution in [1.29, 1.82) is 0 Å². The van der Waals surface area contributed by atoms with Gasteiger partial charge in [0.05, 0.1) is 16.6 Å². The summed E-state index contributed by atoms with van der Waals surface area (Å²) in [6.07, 6.45) is 0. The van der Waals surface area contributed by atoms with E-state index in [2.05, 4.69) is 28.8 Å². The molecule has 0 spiro atoms. The summed E-state index contributed by atoms with van der Waals surface area (Å²) in [5.41, 5.74) is 10.4. The van der Waals surface area contributed by atoms with E-state index < -0.39 is 0 Å². The van der Waals surface area contributed by atoms with Crippen molar-refractivity contribution >= 4 is 16.6 Å². The maximum absolute atomic E-state index is 12.5. The number of hydrazine groups is 1. The fraction of sp³-hybridized carbons (Fsp3) is 0.167. The third-order valence-corrected chi connectivity index (χ3v) is 5.03. The predicted molar refractivity (Wildman–Crippen MR) is 119 cm³/mol. The quantitative estimate of drug-likeness (QED) is 0.460. The topological polar surface area (TPSA) is 68.2 Å². The van der Waals surface area contributed by atoms with Crippen LogP contribution in [0.15, 0.2) is 77.6 Å². The highest BCUT2D eigenvalue weighted by Crippen LogP contribution is 2.15. The van der Waals surface area contributed by atoms with Gasteiger partial charge in [0.2, 0.25) is 0 Å². The highest BCUT2D eigenvalue weighted by Gasteiger charge is 2.08. The minimum absolute atomic E-state index is 0.0678. The van der Waals surface area contributed by atoms with Crippen LogP contribution in [0.1, 0.15) is 17.0 Å². The van der Waals surface area contributed by atoms with Gasteiger partial charge in [-0.1, -0.05) is 42.5 Å². The van der Waals surface area contributed by atoms with Crippen LogP contribution in [0.25, 0.3) is 10.9 Å². The number of fused-ring (bicyclic) bond motifs is 1. The number of ether oxygens (including phenoxy) is 1.